The number of hydrogen-bond donors (Lipinski definition) is 2. The maximum Gasteiger partial charge on any atom is 0.306 e. The molecule has 0 aromatic carbocycles. The smallest absolute Gasteiger partial charge is 0.306 e. The normalized spacial score (nSPS) is 43.1. The van der Waals surface area contributed by atoms with Crippen LogP contribution in [0.25, 0.3) is 0 Å². The first-order valence-corrected chi connectivity index (χ1v) is 19.0. The van der Waals surface area contributed by atoms with Gasteiger partial charge in [0.05, 0.1) is 19.4 Å². The molecule has 10 atom stereocenters. The van der Waals surface area contributed by atoms with E-state index in [9.17, 15) is 19.5 Å². The molecule has 5 saturated carbocycles. The van der Waals surface area contributed by atoms with Gasteiger partial charge in [-0.1, -0.05) is 60.6 Å². The molecular formula is C41H67NO6. The number of esters is 1. The van der Waals surface area contributed by atoms with Crippen molar-refractivity contribution in [1.29, 1.82) is 0 Å². The second-order valence-electron chi connectivity index (χ2n) is 19.4. The Morgan fingerprint density at radius 2 is 1.62 bits per heavy atom. The fraction of sp³-hybridized carbons (Fsp3) is 0.878. The lowest BCUT2D eigenvalue weighted by atomic mass is 9.31. The first-order valence-electron chi connectivity index (χ1n) is 19.0. The van der Waals surface area contributed by atoms with Crippen LogP contribution in [-0.4, -0.2) is 49.3 Å². The van der Waals surface area contributed by atoms with Gasteiger partial charge in [0, 0.05) is 25.5 Å². The second kappa shape index (κ2) is 12.7. The van der Waals surface area contributed by atoms with Gasteiger partial charge in [-0.3, -0.25) is 14.4 Å². The number of rotatable bonds is 12. The Balaban J connectivity index is 1.46. The van der Waals surface area contributed by atoms with E-state index >= 15 is 0 Å². The molecule has 0 bridgehead atoms. The number of carboxylic acid groups (broad SMARTS) is 1. The minimum Gasteiger partial charge on any atom is -0.481 e. The maximum absolute atomic E-state index is 13.7. The topological polar surface area (TPSA) is 102 Å². The Bertz CT molecular complexity index is 1280. The summed E-state index contributed by atoms with van der Waals surface area (Å²) in [6.07, 6.45) is 12.9. The molecule has 0 aromatic heterocycles. The Morgan fingerprint density at radius 3 is 2.25 bits per heavy atom. The SMILES string of the molecule is C=C(C)[C@@H]1CC[C@]2(CNC=O)CC[C@]3(C)[C@H](CCC4[C@@]5(C)CC[C@](CCOC)(OC(=O)CC(C)(C)CC(=O)O)C(C)(C)[C@@H]5CC[C@]43C)[C@@H]12. The quantitative estimate of drug-likeness (QED) is 0.123. The third kappa shape index (κ3) is 5.68. The van der Waals surface area contributed by atoms with Gasteiger partial charge < -0.3 is 19.9 Å². The molecule has 2 N–H and O–H groups in total. The fourth-order valence-electron chi connectivity index (χ4n) is 13.9. The molecule has 0 aliphatic heterocycles. The molecule has 7 heteroatoms. The van der Waals surface area contributed by atoms with E-state index in [-0.39, 0.29) is 45.9 Å². The largest absolute Gasteiger partial charge is 0.481 e. The zero-order chi connectivity index (χ0) is 35.6. The highest BCUT2D eigenvalue weighted by atomic mass is 16.6. The summed E-state index contributed by atoms with van der Waals surface area (Å²) >= 11 is 0. The molecule has 0 radical (unpaired) electrons. The van der Waals surface area contributed by atoms with Crippen molar-refractivity contribution in [1.82, 2.24) is 5.32 Å². The lowest BCUT2D eigenvalue weighted by molar-refractivity contribution is -0.271. The van der Waals surface area contributed by atoms with Crippen LogP contribution < -0.4 is 5.32 Å². The number of nitrogens with one attached hydrogen (secondary N) is 1. The lowest BCUT2D eigenvalue weighted by Gasteiger charge is -2.74. The average Bonchev–Trinajstić information content (AvgIpc) is 3.36. The number of ether oxygens (including phenoxy) is 2. The summed E-state index contributed by atoms with van der Waals surface area (Å²) < 4.78 is 12.3. The maximum atomic E-state index is 13.7. The molecule has 5 fully saturated rings. The summed E-state index contributed by atoms with van der Waals surface area (Å²) in [5.41, 5.74) is 0.422. The number of methoxy groups -OCH3 is 1. The van der Waals surface area contributed by atoms with Crippen LogP contribution in [0.3, 0.4) is 0 Å². The van der Waals surface area contributed by atoms with E-state index in [0.29, 0.717) is 42.6 Å². The molecule has 5 rings (SSSR count). The average molecular weight is 670 g/mol. The van der Waals surface area contributed by atoms with Crippen LogP contribution in [-0.2, 0) is 23.9 Å². The van der Waals surface area contributed by atoms with Gasteiger partial charge in [-0.15, -0.1) is 0 Å². The van der Waals surface area contributed by atoms with Crippen molar-refractivity contribution in [2.24, 2.45) is 62.1 Å². The van der Waals surface area contributed by atoms with E-state index in [4.69, 9.17) is 9.47 Å². The molecule has 272 valence electrons. The fourth-order valence-corrected chi connectivity index (χ4v) is 13.9. The number of carbonyl (C=O) groups excluding carboxylic acids is 2. The molecule has 1 unspecified atom stereocenters. The van der Waals surface area contributed by atoms with Crippen LogP contribution in [0.1, 0.15) is 139 Å². The summed E-state index contributed by atoms with van der Waals surface area (Å²) in [5, 5.41) is 12.6. The predicted molar refractivity (Wildman–Crippen MR) is 189 cm³/mol. The van der Waals surface area contributed by atoms with Crippen molar-refractivity contribution in [2.75, 3.05) is 20.3 Å². The summed E-state index contributed by atoms with van der Waals surface area (Å²) in [5.74, 6) is 1.51. The van der Waals surface area contributed by atoms with Crippen molar-refractivity contribution < 1.29 is 29.0 Å². The van der Waals surface area contributed by atoms with Crippen LogP contribution in [0, 0.1) is 62.1 Å². The Labute approximate surface area is 291 Å². The Morgan fingerprint density at radius 1 is 0.917 bits per heavy atom. The summed E-state index contributed by atoms with van der Waals surface area (Å²) in [4.78, 5) is 36.7. The summed E-state index contributed by atoms with van der Waals surface area (Å²) in [7, 11) is 1.72. The number of carbonyl (C=O) groups is 3. The molecule has 1 amide bonds. The van der Waals surface area contributed by atoms with Crippen molar-refractivity contribution in [3.05, 3.63) is 12.2 Å². The van der Waals surface area contributed by atoms with Gasteiger partial charge in [-0.2, -0.15) is 0 Å². The third-order valence-electron chi connectivity index (χ3n) is 16.4. The molecule has 0 saturated heterocycles. The minimum atomic E-state index is -0.895. The van der Waals surface area contributed by atoms with Gasteiger partial charge >= 0.3 is 11.9 Å². The highest BCUT2D eigenvalue weighted by Gasteiger charge is 2.72. The summed E-state index contributed by atoms with van der Waals surface area (Å²) in [6.45, 7) is 24.3. The van der Waals surface area contributed by atoms with Gasteiger partial charge in [0.25, 0.3) is 0 Å². The van der Waals surface area contributed by atoms with Crippen LogP contribution in [0.5, 0.6) is 0 Å². The number of carboxylic acids is 1. The van der Waals surface area contributed by atoms with Crippen LogP contribution in [0.4, 0.5) is 0 Å². The van der Waals surface area contributed by atoms with Crippen molar-refractivity contribution in [3.63, 3.8) is 0 Å². The van der Waals surface area contributed by atoms with Gasteiger partial charge in [-0.25, -0.2) is 0 Å². The number of allylic oxidation sites excluding steroid dienone is 1. The van der Waals surface area contributed by atoms with Crippen molar-refractivity contribution in [3.8, 4) is 0 Å². The predicted octanol–water partition coefficient (Wildman–Crippen LogP) is 8.60. The monoisotopic (exact) mass is 669 g/mol. The highest BCUT2D eigenvalue weighted by Crippen LogP contribution is 2.78. The molecular weight excluding hydrogens is 602 g/mol. The molecule has 0 heterocycles. The zero-order valence-electron chi connectivity index (χ0n) is 31.8. The number of fused-ring (bicyclic) bond motifs is 7. The van der Waals surface area contributed by atoms with Crippen molar-refractivity contribution >= 4 is 18.3 Å². The molecule has 7 nitrogen and oxygen atoms in total. The van der Waals surface area contributed by atoms with Crippen molar-refractivity contribution in [2.45, 2.75) is 144 Å². The zero-order valence-corrected chi connectivity index (χ0v) is 31.8. The number of hydrogen-bond acceptors (Lipinski definition) is 5. The summed E-state index contributed by atoms with van der Waals surface area (Å²) in [6, 6.07) is 0. The first-order chi connectivity index (χ1) is 22.3. The Hall–Kier alpha value is -1.89. The van der Waals surface area contributed by atoms with Gasteiger partial charge in [0.1, 0.15) is 5.60 Å². The Kier molecular flexibility index (Phi) is 9.89. The molecule has 5 aliphatic carbocycles. The second-order valence-corrected chi connectivity index (χ2v) is 19.4. The van der Waals surface area contributed by atoms with Gasteiger partial charge in [0.2, 0.25) is 6.41 Å². The molecule has 0 aromatic rings. The van der Waals surface area contributed by atoms with Crippen LogP contribution in [0.2, 0.25) is 0 Å². The van der Waals surface area contributed by atoms with E-state index in [1.165, 1.54) is 50.5 Å². The number of amides is 1. The van der Waals surface area contributed by atoms with E-state index < -0.39 is 17.0 Å². The lowest BCUT2D eigenvalue weighted by Crippen LogP contribution is -2.69. The van der Waals surface area contributed by atoms with E-state index in [0.717, 1.165) is 32.2 Å². The minimum absolute atomic E-state index is 0.0695. The van der Waals surface area contributed by atoms with Gasteiger partial charge in [-0.05, 0) is 128 Å². The van der Waals surface area contributed by atoms with Crippen LogP contribution >= 0.6 is 0 Å². The molecule has 0 spiro atoms. The molecule has 5 aliphatic rings. The number of aliphatic carboxylic acids is 1. The van der Waals surface area contributed by atoms with E-state index in [2.05, 4.69) is 53.4 Å². The van der Waals surface area contributed by atoms with E-state index in [1.54, 1.807) is 7.11 Å². The first kappa shape index (κ1) is 37.4. The standard InChI is InChI=1S/C41H67NO6/c1-27(2)28-13-16-40(25-42-26-43)19-18-38(8)29(34(28)40)11-12-31-37(7)17-20-41(21-22-47-10,36(5,6)30(37)14-15-39(31,38)9)48-33(46)24-35(3,4)23-32(44)45/h26,28-31,34H,1,11-25H2,2-10H3,(H,42,43)(H,44,45)/t28-,29+,30-,31?,34+,37-,38+,39+,40+,41+/m0/s1. The highest BCUT2D eigenvalue weighted by molar-refractivity contribution is 5.73. The van der Waals surface area contributed by atoms with E-state index in [1.807, 2.05) is 13.8 Å². The third-order valence-corrected chi connectivity index (χ3v) is 16.4. The molecule has 48 heavy (non-hydrogen) atoms. The van der Waals surface area contributed by atoms with Gasteiger partial charge in [0.15, 0.2) is 0 Å². The van der Waals surface area contributed by atoms with Crippen LogP contribution in [0.15, 0.2) is 12.2 Å².